The van der Waals surface area contributed by atoms with E-state index in [2.05, 4.69) is 9.97 Å². The van der Waals surface area contributed by atoms with Crippen molar-refractivity contribution >= 4 is 45.1 Å². The number of hydrogen-bond acceptors (Lipinski definition) is 6. The number of rotatable bonds is 2. The van der Waals surface area contributed by atoms with Gasteiger partial charge in [-0.3, -0.25) is 0 Å². The van der Waals surface area contributed by atoms with Crippen LogP contribution in [0.25, 0.3) is 10.2 Å². The van der Waals surface area contributed by atoms with Gasteiger partial charge in [0.1, 0.15) is 10.6 Å². The molecule has 3 aromatic rings. The quantitative estimate of drug-likeness (QED) is 0.694. The molecule has 2 aromatic heterocycles. The monoisotopic (exact) mass is 342 g/mol. The molecule has 2 heterocycles. The van der Waals surface area contributed by atoms with Crippen molar-refractivity contribution < 1.29 is 13.2 Å². The van der Waals surface area contributed by atoms with Gasteiger partial charge >= 0.3 is 0 Å². The highest BCUT2D eigenvalue weighted by Crippen LogP contribution is 2.42. The van der Waals surface area contributed by atoms with Crippen LogP contribution in [0.3, 0.4) is 0 Å². The molecule has 0 radical (unpaired) electrons. The Morgan fingerprint density at radius 1 is 1.09 bits per heavy atom. The normalized spacial score (nSPS) is 11.3. The number of nitrogen functional groups attached to an aromatic ring is 2. The summed E-state index contributed by atoms with van der Waals surface area (Å²) in [6.45, 7) is 1.77. The van der Waals surface area contributed by atoms with E-state index in [0.29, 0.717) is 14.4 Å². The predicted molar refractivity (Wildman–Crippen MR) is 81.4 cm³/mol. The molecular weight excluding hydrogens is 333 g/mol. The van der Waals surface area contributed by atoms with Gasteiger partial charge in [0.15, 0.2) is 17.5 Å². The van der Waals surface area contributed by atoms with Crippen molar-refractivity contribution in [3.63, 3.8) is 0 Å². The third-order valence-electron chi connectivity index (χ3n) is 2.99. The van der Waals surface area contributed by atoms with Crippen LogP contribution in [0.2, 0.25) is 0 Å². The molecule has 0 aliphatic carbocycles. The Balaban J connectivity index is 2.10. The Hall–Kier alpha value is -2.00. The van der Waals surface area contributed by atoms with Gasteiger partial charge in [-0.2, -0.15) is 4.98 Å². The molecular formula is C13H9F3N4S2. The molecule has 114 valence electrons. The molecule has 4 N–H and O–H groups in total. The smallest absolute Gasteiger partial charge is 0.223 e. The van der Waals surface area contributed by atoms with Gasteiger partial charge < -0.3 is 11.5 Å². The SMILES string of the molecule is Cc1c(Sc2ccc(F)c(F)c2F)sc2nc(N)nc(N)c12. The lowest BCUT2D eigenvalue weighted by Crippen LogP contribution is -1.99. The number of halogens is 3. The molecule has 0 fully saturated rings. The number of hydrogen-bond donors (Lipinski definition) is 2. The fraction of sp³-hybridized carbons (Fsp3) is 0.0769. The second kappa shape index (κ2) is 5.33. The fourth-order valence-corrected chi connectivity index (χ4v) is 4.32. The van der Waals surface area contributed by atoms with Gasteiger partial charge in [-0.15, -0.1) is 11.3 Å². The lowest BCUT2D eigenvalue weighted by Gasteiger charge is -2.03. The number of thiophene rings is 1. The van der Waals surface area contributed by atoms with Crippen LogP contribution in [0, 0.1) is 24.4 Å². The minimum absolute atomic E-state index is 0.0203. The van der Waals surface area contributed by atoms with E-state index in [1.165, 1.54) is 17.4 Å². The first-order valence-corrected chi connectivity index (χ1v) is 7.65. The summed E-state index contributed by atoms with van der Waals surface area (Å²) in [4.78, 5) is 8.50. The Bertz CT molecular complexity index is 895. The average molecular weight is 342 g/mol. The van der Waals surface area contributed by atoms with E-state index in [1.807, 2.05) is 0 Å². The zero-order chi connectivity index (χ0) is 16.0. The van der Waals surface area contributed by atoms with Crippen LogP contribution in [0.15, 0.2) is 21.2 Å². The molecule has 1 aromatic carbocycles. The van der Waals surface area contributed by atoms with Gasteiger partial charge in [0.2, 0.25) is 5.95 Å². The van der Waals surface area contributed by atoms with Crippen LogP contribution in [0.4, 0.5) is 24.9 Å². The van der Waals surface area contributed by atoms with Crippen LogP contribution < -0.4 is 11.5 Å². The van der Waals surface area contributed by atoms with Crippen molar-refractivity contribution in [2.45, 2.75) is 16.0 Å². The minimum atomic E-state index is -1.49. The number of aryl methyl sites for hydroxylation is 1. The summed E-state index contributed by atoms with van der Waals surface area (Å²) in [6, 6.07) is 2.07. The van der Waals surface area contributed by atoms with Crippen molar-refractivity contribution in [1.82, 2.24) is 9.97 Å². The molecule has 0 saturated carbocycles. The van der Waals surface area contributed by atoms with Crippen LogP contribution in [-0.4, -0.2) is 9.97 Å². The first kappa shape index (κ1) is 14.9. The number of anilines is 2. The van der Waals surface area contributed by atoms with Crippen molar-refractivity contribution in [3.8, 4) is 0 Å². The highest BCUT2D eigenvalue weighted by atomic mass is 32.2. The minimum Gasteiger partial charge on any atom is -0.383 e. The number of fused-ring (bicyclic) bond motifs is 1. The molecule has 0 aliphatic rings. The maximum absolute atomic E-state index is 13.8. The predicted octanol–water partition coefficient (Wildman–Crippen LogP) is 3.73. The zero-order valence-electron chi connectivity index (χ0n) is 11.2. The Morgan fingerprint density at radius 2 is 1.82 bits per heavy atom. The van der Waals surface area contributed by atoms with E-state index in [4.69, 9.17) is 11.5 Å². The highest BCUT2D eigenvalue weighted by Gasteiger charge is 2.19. The van der Waals surface area contributed by atoms with Gasteiger partial charge in [0, 0.05) is 0 Å². The number of nitrogens with zero attached hydrogens (tertiary/aromatic N) is 2. The van der Waals surface area contributed by atoms with Crippen LogP contribution in [0.5, 0.6) is 0 Å². The second-order valence-electron chi connectivity index (χ2n) is 4.44. The van der Waals surface area contributed by atoms with E-state index in [9.17, 15) is 13.2 Å². The second-order valence-corrected chi connectivity index (χ2v) is 6.75. The summed E-state index contributed by atoms with van der Waals surface area (Å²) in [5, 5.41) is 0.629. The summed E-state index contributed by atoms with van der Waals surface area (Å²) in [5.74, 6) is -3.67. The average Bonchev–Trinajstić information content (AvgIpc) is 2.76. The van der Waals surface area contributed by atoms with Crippen LogP contribution >= 0.6 is 23.1 Å². The van der Waals surface area contributed by atoms with Crippen LogP contribution in [-0.2, 0) is 0 Å². The molecule has 4 nitrogen and oxygen atoms in total. The molecule has 0 bridgehead atoms. The van der Waals surface area contributed by atoms with Gasteiger partial charge in [-0.25, -0.2) is 18.2 Å². The molecule has 0 aliphatic heterocycles. The molecule has 22 heavy (non-hydrogen) atoms. The van der Waals surface area contributed by atoms with Crippen LogP contribution in [0.1, 0.15) is 5.56 Å². The molecule has 0 atom stereocenters. The van der Waals surface area contributed by atoms with E-state index in [0.717, 1.165) is 23.4 Å². The molecule has 3 rings (SSSR count). The third kappa shape index (κ3) is 2.35. The van der Waals surface area contributed by atoms with Gasteiger partial charge in [-0.1, -0.05) is 11.8 Å². The lowest BCUT2D eigenvalue weighted by molar-refractivity contribution is 0.435. The molecule has 0 unspecified atom stereocenters. The fourth-order valence-electron chi connectivity index (χ4n) is 1.95. The maximum Gasteiger partial charge on any atom is 0.223 e. The van der Waals surface area contributed by atoms with Gasteiger partial charge in [0.05, 0.1) is 14.5 Å². The number of aromatic nitrogens is 2. The number of nitrogens with two attached hydrogens (primary N) is 2. The van der Waals surface area contributed by atoms with E-state index >= 15 is 0 Å². The van der Waals surface area contributed by atoms with E-state index in [1.54, 1.807) is 6.92 Å². The third-order valence-corrected chi connectivity index (χ3v) is 5.50. The molecule has 0 spiro atoms. The topological polar surface area (TPSA) is 77.8 Å². The van der Waals surface area contributed by atoms with Gasteiger partial charge in [0.25, 0.3) is 0 Å². The van der Waals surface area contributed by atoms with Crippen molar-refractivity contribution in [1.29, 1.82) is 0 Å². The van der Waals surface area contributed by atoms with Crippen molar-refractivity contribution in [3.05, 3.63) is 35.1 Å². The summed E-state index contributed by atoms with van der Waals surface area (Å²) in [7, 11) is 0. The largest absolute Gasteiger partial charge is 0.383 e. The number of benzene rings is 1. The van der Waals surface area contributed by atoms with E-state index in [-0.39, 0.29) is 16.7 Å². The van der Waals surface area contributed by atoms with E-state index < -0.39 is 17.5 Å². The Morgan fingerprint density at radius 3 is 2.55 bits per heavy atom. The molecule has 0 saturated heterocycles. The Kier molecular flexibility index (Phi) is 3.61. The molecule has 9 heteroatoms. The van der Waals surface area contributed by atoms with Gasteiger partial charge in [-0.05, 0) is 24.6 Å². The maximum atomic E-state index is 13.8. The zero-order valence-corrected chi connectivity index (χ0v) is 12.8. The summed E-state index contributed by atoms with van der Waals surface area (Å²) in [6.07, 6.45) is 0. The standard InChI is InChI=1S/C13H9F3N4S2/c1-4-7-10(17)19-13(18)20-11(7)22-12(4)21-6-3-2-5(14)8(15)9(6)16/h2-3H,1H3,(H4,17,18,19,20). The summed E-state index contributed by atoms with van der Waals surface area (Å²) < 4.78 is 40.7. The molecule has 0 amide bonds. The summed E-state index contributed by atoms with van der Waals surface area (Å²) in [5.41, 5.74) is 12.1. The highest BCUT2D eigenvalue weighted by molar-refractivity contribution is 8.01. The first-order valence-electron chi connectivity index (χ1n) is 6.02. The van der Waals surface area contributed by atoms with Crippen molar-refractivity contribution in [2.24, 2.45) is 0 Å². The lowest BCUT2D eigenvalue weighted by atomic mass is 10.2. The van der Waals surface area contributed by atoms with Crippen molar-refractivity contribution in [2.75, 3.05) is 11.5 Å². The first-order chi connectivity index (χ1) is 10.4. The Labute approximate surface area is 131 Å². The summed E-state index contributed by atoms with van der Waals surface area (Å²) >= 11 is 2.21.